The highest BCUT2D eigenvalue weighted by Crippen LogP contribution is 2.30. The van der Waals surface area contributed by atoms with Crippen molar-refractivity contribution in [1.29, 1.82) is 0 Å². The maximum Gasteiger partial charge on any atom is 0.357 e. The Kier molecular flexibility index (Phi) is 8.30. The molecule has 2 N–H and O–H groups in total. The Bertz CT molecular complexity index is 1240. The molecular weight excluding hydrogens is 488 g/mol. The second-order valence-corrected chi connectivity index (χ2v) is 8.85. The first kappa shape index (κ1) is 26.7. The smallest absolute Gasteiger partial charge is 0.357 e. The molecule has 3 aromatic carbocycles. The van der Waals surface area contributed by atoms with Gasteiger partial charge in [-0.3, -0.25) is 19.3 Å². The Morgan fingerprint density at radius 2 is 1.37 bits per heavy atom. The molecule has 1 aliphatic rings. The van der Waals surface area contributed by atoms with E-state index in [1.165, 1.54) is 13.8 Å². The molecule has 1 saturated heterocycles. The minimum absolute atomic E-state index is 0.311. The number of Topliss-reactive ketones (excluding diaryl/α,β-unsaturated/α-hetero) is 1. The van der Waals surface area contributed by atoms with E-state index >= 15 is 0 Å². The zero-order valence-electron chi connectivity index (χ0n) is 20.9. The van der Waals surface area contributed by atoms with Crippen molar-refractivity contribution in [2.75, 3.05) is 0 Å². The van der Waals surface area contributed by atoms with Crippen molar-refractivity contribution in [2.45, 2.75) is 44.6 Å². The van der Waals surface area contributed by atoms with E-state index in [0.717, 1.165) is 4.90 Å². The summed E-state index contributed by atoms with van der Waals surface area (Å²) in [5.74, 6) is -2.72. The third kappa shape index (κ3) is 5.80. The fourth-order valence-corrected chi connectivity index (χ4v) is 4.02. The predicted molar refractivity (Wildman–Crippen MR) is 136 cm³/mol. The molecule has 0 bridgehead atoms. The van der Waals surface area contributed by atoms with Gasteiger partial charge >= 0.3 is 5.97 Å². The molecule has 0 aromatic heterocycles. The summed E-state index contributed by atoms with van der Waals surface area (Å²) in [7, 11) is 0. The number of β-lactam (4-membered cyclic amide) rings is 1. The molecule has 196 valence electrons. The van der Waals surface area contributed by atoms with Gasteiger partial charge in [0.1, 0.15) is 6.10 Å². The number of nitrogens with one attached hydrogen (secondary N) is 1. The number of rotatable bonds is 10. The highest BCUT2D eigenvalue weighted by atomic mass is 16.6. The topological polar surface area (TPSA) is 122 Å². The lowest BCUT2D eigenvalue weighted by Gasteiger charge is -2.48. The lowest BCUT2D eigenvalue weighted by Crippen LogP contribution is -2.75. The molecule has 0 aliphatic carbocycles. The number of nitrogens with zero attached hydrogens (tertiary/aromatic N) is 1. The van der Waals surface area contributed by atoms with Gasteiger partial charge in [0.25, 0.3) is 11.8 Å². The summed E-state index contributed by atoms with van der Waals surface area (Å²) in [6.45, 7) is 2.78. The summed E-state index contributed by atoms with van der Waals surface area (Å²) in [6.07, 6.45) is -5.12. The lowest BCUT2D eigenvalue weighted by atomic mass is 10.0. The van der Waals surface area contributed by atoms with Gasteiger partial charge in [-0.05, 0) is 37.1 Å². The van der Waals surface area contributed by atoms with Gasteiger partial charge in [0.15, 0.2) is 24.2 Å². The fraction of sp³-hybridized carbons (Fsp3) is 0.241. The lowest BCUT2D eigenvalue weighted by molar-refractivity contribution is -0.225. The number of ether oxygens (including phenoxy) is 2. The summed E-state index contributed by atoms with van der Waals surface area (Å²) in [5, 5.41) is 13.5. The molecule has 0 saturated carbocycles. The first-order chi connectivity index (χ1) is 18.3. The fourth-order valence-electron chi connectivity index (χ4n) is 4.02. The first-order valence-corrected chi connectivity index (χ1v) is 12.1. The number of likely N-dealkylation sites (tertiary alicyclic amines) is 1. The minimum atomic E-state index is -2.04. The van der Waals surface area contributed by atoms with Crippen LogP contribution >= 0.6 is 0 Å². The van der Waals surface area contributed by atoms with Gasteiger partial charge in [-0.25, -0.2) is 4.79 Å². The van der Waals surface area contributed by atoms with Crippen LogP contribution in [-0.2, 0) is 23.9 Å². The number of benzene rings is 3. The molecule has 4 atom stereocenters. The Balaban J connectivity index is 1.54. The molecule has 0 radical (unpaired) electrons. The van der Waals surface area contributed by atoms with E-state index < -0.39 is 48.5 Å². The van der Waals surface area contributed by atoms with Gasteiger partial charge in [-0.1, -0.05) is 78.9 Å². The highest BCUT2D eigenvalue weighted by molar-refractivity contribution is 6.00. The van der Waals surface area contributed by atoms with Crippen LogP contribution in [0.15, 0.2) is 91.0 Å². The van der Waals surface area contributed by atoms with Gasteiger partial charge in [0, 0.05) is 5.56 Å². The molecule has 1 fully saturated rings. The van der Waals surface area contributed by atoms with Gasteiger partial charge in [-0.2, -0.15) is 0 Å². The molecule has 1 heterocycles. The number of carbonyl (C=O) groups excluding carboxylic acids is 4. The van der Waals surface area contributed by atoms with E-state index in [4.69, 9.17) is 9.47 Å². The van der Waals surface area contributed by atoms with Crippen LogP contribution in [0.25, 0.3) is 0 Å². The summed E-state index contributed by atoms with van der Waals surface area (Å²) in [6, 6.07) is 25.0. The van der Waals surface area contributed by atoms with Crippen LogP contribution in [0, 0.1) is 0 Å². The molecule has 3 aromatic rings. The average molecular weight is 517 g/mol. The number of amides is 2. The number of aliphatic hydroxyl groups is 1. The van der Waals surface area contributed by atoms with Crippen LogP contribution in [0.3, 0.4) is 0 Å². The molecule has 1 unspecified atom stereocenters. The number of aliphatic hydroxyl groups excluding tert-OH is 1. The van der Waals surface area contributed by atoms with Crippen molar-refractivity contribution in [3.8, 4) is 0 Å². The predicted octanol–water partition coefficient (Wildman–Crippen LogP) is 2.60. The van der Waals surface area contributed by atoms with Crippen LogP contribution in [-0.4, -0.2) is 58.2 Å². The summed E-state index contributed by atoms with van der Waals surface area (Å²) >= 11 is 0. The second kappa shape index (κ2) is 11.8. The third-order valence-corrected chi connectivity index (χ3v) is 6.23. The summed E-state index contributed by atoms with van der Waals surface area (Å²) in [4.78, 5) is 51.4. The maximum absolute atomic E-state index is 13.1. The van der Waals surface area contributed by atoms with Crippen molar-refractivity contribution < 1.29 is 33.8 Å². The number of ketones is 1. The van der Waals surface area contributed by atoms with Crippen molar-refractivity contribution in [2.24, 2.45) is 0 Å². The van der Waals surface area contributed by atoms with Gasteiger partial charge in [0.05, 0.1) is 0 Å². The third-order valence-electron chi connectivity index (χ3n) is 6.23. The van der Waals surface area contributed by atoms with E-state index in [1.54, 1.807) is 78.9 Å². The zero-order valence-corrected chi connectivity index (χ0v) is 20.9. The second-order valence-electron chi connectivity index (χ2n) is 8.85. The van der Waals surface area contributed by atoms with Crippen LogP contribution in [0.2, 0.25) is 0 Å². The van der Waals surface area contributed by atoms with E-state index in [1.807, 2.05) is 12.1 Å². The number of carbonyl (C=O) groups is 4. The first-order valence-electron chi connectivity index (χ1n) is 12.1. The van der Waals surface area contributed by atoms with Crippen molar-refractivity contribution in [3.05, 3.63) is 108 Å². The Morgan fingerprint density at radius 1 is 0.868 bits per heavy atom. The highest BCUT2D eigenvalue weighted by Gasteiger charge is 2.55. The van der Waals surface area contributed by atoms with Crippen LogP contribution in [0.4, 0.5) is 0 Å². The van der Waals surface area contributed by atoms with Gasteiger partial charge < -0.3 is 19.9 Å². The SMILES string of the molecule is CC(=O)[C@H](C)O[C@@H]1[C@@H](NC(=O)c2ccccc2)C(=O)N1C(O)C(=O)OC(c1ccccc1)c1ccccc1. The molecule has 38 heavy (non-hydrogen) atoms. The van der Waals surface area contributed by atoms with E-state index in [2.05, 4.69) is 5.32 Å². The van der Waals surface area contributed by atoms with Gasteiger partial charge in [-0.15, -0.1) is 0 Å². The Labute approximate surface area is 220 Å². The minimum Gasteiger partial charge on any atom is -0.449 e. The number of hydrogen-bond donors (Lipinski definition) is 2. The molecule has 0 spiro atoms. The number of hydrogen-bond acceptors (Lipinski definition) is 7. The van der Waals surface area contributed by atoms with E-state index in [-0.39, 0.29) is 5.78 Å². The summed E-state index contributed by atoms with van der Waals surface area (Å²) < 4.78 is 11.4. The normalized spacial score (nSPS) is 18.3. The van der Waals surface area contributed by atoms with Crippen LogP contribution < -0.4 is 5.32 Å². The largest absolute Gasteiger partial charge is 0.449 e. The number of esters is 1. The Morgan fingerprint density at radius 3 is 1.87 bits per heavy atom. The quantitative estimate of drug-likeness (QED) is 0.314. The van der Waals surface area contributed by atoms with Crippen molar-refractivity contribution in [1.82, 2.24) is 10.2 Å². The molecule has 2 amide bonds. The van der Waals surface area contributed by atoms with Crippen LogP contribution in [0.5, 0.6) is 0 Å². The molecule has 4 rings (SSSR count). The van der Waals surface area contributed by atoms with E-state index in [9.17, 15) is 24.3 Å². The van der Waals surface area contributed by atoms with Crippen LogP contribution in [0.1, 0.15) is 41.4 Å². The van der Waals surface area contributed by atoms with Crippen molar-refractivity contribution >= 4 is 23.6 Å². The molecular formula is C29H28N2O7. The maximum atomic E-state index is 13.1. The standard InChI is InChI=1S/C29H28N2O7/c1-18(32)19(2)37-28-23(30-25(33)22-16-10-5-11-17-22)26(34)31(28)27(35)29(36)38-24(20-12-6-3-7-13-20)21-14-8-4-9-15-21/h3-17,19,23-24,27-28,35H,1-2H3,(H,30,33)/t19-,23-,27?,28+/m0/s1. The van der Waals surface area contributed by atoms with E-state index in [0.29, 0.717) is 16.7 Å². The monoisotopic (exact) mass is 516 g/mol. The zero-order chi connectivity index (χ0) is 27.2. The Hall–Kier alpha value is -4.34. The molecule has 9 heteroatoms. The molecule has 1 aliphatic heterocycles. The van der Waals surface area contributed by atoms with Crippen molar-refractivity contribution in [3.63, 3.8) is 0 Å². The molecule has 9 nitrogen and oxygen atoms in total. The summed E-state index contributed by atoms with van der Waals surface area (Å²) in [5.41, 5.74) is 1.64. The average Bonchev–Trinajstić information content (AvgIpc) is 2.95. The van der Waals surface area contributed by atoms with Gasteiger partial charge in [0.2, 0.25) is 6.23 Å².